The molecule has 0 aliphatic heterocycles. The molecule has 1 rings (SSSR count). The summed E-state index contributed by atoms with van der Waals surface area (Å²) in [6, 6.07) is 0.501. The zero-order chi connectivity index (χ0) is 12.7. The van der Waals surface area contributed by atoms with Gasteiger partial charge in [-0.15, -0.1) is 0 Å². The van der Waals surface area contributed by atoms with Crippen molar-refractivity contribution in [3.8, 4) is 0 Å². The summed E-state index contributed by atoms with van der Waals surface area (Å²) in [7, 11) is 0. The zero-order valence-corrected chi connectivity index (χ0v) is 11.2. The van der Waals surface area contributed by atoms with Crippen LogP contribution in [0.5, 0.6) is 0 Å². The van der Waals surface area contributed by atoms with Gasteiger partial charge in [0.2, 0.25) is 5.91 Å². The fourth-order valence-corrected chi connectivity index (χ4v) is 2.84. The maximum atomic E-state index is 11.7. The lowest BCUT2D eigenvalue weighted by atomic mass is 9.83. The summed E-state index contributed by atoms with van der Waals surface area (Å²) < 4.78 is 0. The molecule has 0 saturated heterocycles. The average Bonchev–Trinajstić information content (AvgIpc) is 2.36. The van der Waals surface area contributed by atoms with E-state index in [0.29, 0.717) is 25.0 Å². The Morgan fingerprint density at radius 3 is 2.65 bits per heavy atom. The summed E-state index contributed by atoms with van der Waals surface area (Å²) in [6.07, 6.45) is 4.96. The Bertz CT molecular complexity index is 233. The molecule has 2 atom stereocenters. The van der Waals surface area contributed by atoms with Crippen LogP contribution in [-0.4, -0.2) is 43.0 Å². The lowest BCUT2D eigenvalue weighted by Crippen LogP contribution is -2.48. The number of nitrogens with two attached hydrogens (primary N) is 1. The van der Waals surface area contributed by atoms with Crippen LogP contribution >= 0.6 is 0 Å². The van der Waals surface area contributed by atoms with Crippen molar-refractivity contribution in [1.82, 2.24) is 10.2 Å². The van der Waals surface area contributed by atoms with Crippen LogP contribution in [0.1, 0.15) is 39.5 Å². The standard InChI is InChI=1S/C13H27N3O/c1-3-15-13(17)10-16(4-2)12-8-6-5-7-11(12)9-14/h11-12H,3-10,14H2,1-2H3,(H,15,17). The summed E-state index contributed by atoms with van der Waals surface area (Å²) in [6.45, 7) is 6.99. The number of likely N-dealkylation sites (N-methyl/N-ethyl adjacent to an activating group) is 2. The van der Waals surface area contributed by atoms with Crippen LogP contribution < -0.4 is 11.1 Å². The molecule has 17 heavy (non-hydrogen) atoms. The molecule has 1 amide bonds. The summed E-state index contributed by atoms with van der Waals surface area (Å²) in [5.74, 6) is 0.703. The Kier molecular flexibility index (Phi) is 6.52. The van der Waals surface area contributed by atoms with Crippen LogP contribution in [-0.2, 0) is 4.79 Å². The quantitative estimate of drug-likeness (QED) is 0.728. The van der Waals surface area contributed by atoms with Crippen LogP contribution in [0.4, 0.5) is 0 Å². The molecule has 2 unspecified atom stereocenters. The molecule has 0 radical (unpaired) electrons. The Morgan fingerprint density at radius 2 is 2.06 bits per heavy atom. The minimum absolute atomic E-state index is 0.135. The number of rotatable bonds is 6. The van der Waals surface area contributed by atoms with Gasteiger partial charge >= 0.3 is 0 Å². The average molecular weight is 241 g/mol. The first-order chi connectivity index (χ1) is 8.22. The van der Waals surface area contributed by atoms with Gasteiger partial charge in [0.05, 0.1) is 6.54 Å². The summed E-state index contributed by atoms with van der Waals surface area (Å²) in [4.78, 5) is 14.0. The van der Waals surface area contributed by atoms with E-state index in [1.807, 2.05) is 6.92 Å². The largest absolute Gasteiger partial charge is 0.355 e. The highest BCUT2D eigenvalue weighted by molar-refractivity contribution is 5.77. The molecule has 1 aliphatic rings. The Morgan fingerprint density at radius 1 is 1.35 bits per heavy atom. The van der Waals surface area contributed by atoms with Gasteiger partial charge in [0.15, 0.2) is 0 Å². The van der Waals surface area contributed by atoms with Crippen LogP contribution in [0.2, 0.25) is 0 Å². The first-order valence-electron chi connectivity index (χ1n) is 6.93. The fraction of sp³-hybridized carbons (Fsp3) is 0.923. The zero-order valence-electron chi connectivity index (χ0n) is 11.2. The molecule has 4 heteroatoms. The van der Waals surface area contributed by atoms with Crippen LogP contribution in [0.15, 0.2) is 0 Å². The molecular weight excluding hydrogens is 214 g/mol. The van der Waals surface area contributed by atoms with Gasteiger partial charge in [-0.3, -0.25) is 9.69 Å². The maximum absolute atomic E-state index is 11.7. The fourth-order valence-electron chi connectivity index (χ4n) is 2.84. The van der Waals surface area contributed by atoms with E-state index in [2.05, 4.69) is 17.1 Å². The number of hydrogen-bond donors (Lipinski definition) is 2. The predicted octanol–water partition coefficient (Wildman–Crippen LogP) is 0.962. The first-order valence-corrected chi connectivity index (χ1v) is 6.93. The van der Waals surface area contributed by atoms with E-state index in [1.165, 1.54) is 25.7 Å². The monoisotopic (exact) mass is 241 g/mol. The third-order valence-corrected chi connectivity index (χ3v) is 3.77. The minimum atomic E-state index is 0.135. The molecular formula is C13H27N3O. The molecule has 0 heterocycles. The maximum Gasteiger partial charge on any atom is 0.234 e. The second kappa shape index (κ2) is 7.67. The molecule has 0 aromatic rings. The normalized spacial score (nSPS) is 24.9. The second-order valence-electron chi connectivity index (χ2n) is 4.86. The van der Waals surface area contributed by atoms with E-state index >= 15 is 0 Å². The highest BCUT2D eigenvalue weighted by Gasteiger charge is 2.29. The number of amides is 1. The van der Waals surface area contributed by atoms with E-state index in [9.17, 15) is 4.79 Å². The molecule has 0 spiro atoms. The third-order valence-electron chi connectivity index (χ3n) is 3.77. The SMILES string of the molecule is CCNC(=O)CN(CC)C1CCCCC1CN. The smallest absolute Gasteiger partial charge is 0.234 e. The van der Waals surface area contributed by atoms with Crippen molar-refractivity contribution >= 4 is 5.91 Å². The van der Waals surface area contributed by atoms with Crippen LogP contribution in [0, 0.1) is 5.92 Å². The van der Waals surface area contributed by atoms with E-state index in [4.69, 9.17) is 5.73 Å². The second-order valence-corrected chi connectivity index (χ2v) is 4.86. The number of carbonyl (C=O) groups is 1. The Hall–Kier alpha value is -0.610. The molecule has 0 bridgehead atoms. The van der Waals surface area contributed by atoms with Gasteiger partial charge < -0.3 is 11.1 Å². The molecule has 1 fully saturated rings. The molecule has 3 N–H and O–H groups in total. The molecule has 0 aromatic carbocycles. The highest BCUT2D eigenvalue weighted by atomic mass is 16.2. The Labute approximate surface area is 105 Å². The summed E-state index contributed by atoms with van der Waals surface area (Å²) in [5.41, 5.74) is 5.85. The summed E-state index contributed by atoms with van der Waals surface area (Å²) in [5, 5.41) is 2.87. The van der Waals surface area contributed by atoms with E-state index in [0.717, 1.165) is 13.1 Å². The van der Waals surface area contributed by atoms with Crippen molar-refractivity contribution in [2.75, 3.05) is 26.2 Å². The molecule has 4 nitrogen and oxygen atoms in total. The van der Waals surface area contributed by atoms with Crippen molar-refractivity contribution in [1.29, 1.82) is 0 Å². The first kappa shape index (κ1) is 14.5. The van der Waals surface area contributed by atoms with Gasteiger partial charge in [-0.1, -0.05) is 19.8 Å². The third kappa shape index (κ3) is 4.28. The van der Waals surface area contributed by atoms with Gasteiger partial charge in [-0.2, -0.15) is 0 Å². The topological polar surface area (TPSA) is 58.4 Å². The van der Waals surface area contributed by atoms with Crippen LogP contribution in [0.3, 0.4) is 0 Å². The predicted molar refractivity (Wildman–Crippen MR) is 70.7 cm³/mol. The van der Waals surface area contributed by atoms with Crippen molar-refractivity contribution in [3.05, 3.63) is 0 Å². The van der Waals surface area contributed by atoms with Crippen LogP contribution in [0.25, 0.3) is 0 Å². The van der Waals surface area contributed by atoms with E-state index in [1.54, 1.807) is 0 Å². The lowest BCUT2D eigenvalue weighted by molar-refractivity contribution is -0.123. The van der Waals surface area contributed by atoms with Crippen molar-refractivity contribution in [3.63, 3.8) is 0 Å². The van der Waals surface area contributed by atoms with Crippen molar-refractivity contribution in [2.24, 2.45) is 11.7 Å². The molecule has 1 saturated carbocycles. The number of nitrogens with one attached hydrogen (secondary N) is 1. The van der Waals surface area contributed by atoms with Gasteiger partial charge in [0, 0.05) is 12.6 Å². The Balaban J connectivity index is 2.54. The summed E-state index contributed by atoms with van der Waals surface area (Å²) >= 11 is 0. The number of hydrogen-bond acceptors (Lipinski definition) is 3. The molecule has 0 aromatic heterocycles. The van der Waals surface area contributed by atoms with Gasteiger partial charge in [-0.25, -0.2) is 0 Å². The van der Waals surface area contributed by atoms with Gasteiger partial charge in [-0.05, 0) is 38.8 Å². The minimum Gasteiger partial charge on any atom is -0.355 e. The van der Waals surface area contributed by atoms with Gasteiger partial charge in [0.25, 0.3) is 0 Å². The number of carbonyl (C=O) groups excluding carboxylic acids is 1. The molecule has 100 valence electrons. The molecule has 1 aliphatic carbocycles. The van der Waals surface area contributed by atoms with Crippen molar-refractivity contribution < 1.29 is 4.79 Å². The van der Waals surface area contributed by atoms with Crippen molar-refractivity contribution in [2.45, 2.75) is 45.6 Å². The van der Waals surface area contributed by atoms with E-state index < -0.39 is 0 Å². The van der Waals surface area contributed by atoms with Gasteiger partial charge in [0.1, 0.15) is 0 Å². The highest BCUT2D eigenvalue weighted by Crippen LogP contribution is 2.27. The number of nitrogens with zero attached hydrogens (tertiary/aromatic N) is 1. The van der Waals surface area contributed by atoms with E-state index in [-0.39, 0.29) is 5.91 Å². The lowest BCUT2D eigenvalue weighted by Gasteiger charge is -2.38.